The Kier molecular flexibility index (Phi) is 7.10. The number of hydrogen-bond donors (Lipinski definition) is 0. The normalized spacial score (nSPS) is 15.0. The Bertz CT molecular complexity index is 2980. The largest absolute Gasteiger partial charge is 0.455 e. The van der Waals surface area contributed by atoms with Gasteiger partial charge in [-0.3, -0.25) is 0 Å². The zero-order valence-electron chi connectivity index (χ0n) is 31.2. The van der Waals surface area contributed by atoms with Gasteiger partial charge < -0.3 is 14.2 Å². The summed E-state index contributed by atoms with van der Waals surface area (Å²) in [7, 11) is 0. The average molecular weight is 719 g/mol. The highest BCUT2D eigenvalue weighted by molar-refractivity contribution is 7.00. The lowest BCUT2D eigenvalue weighted by Crippen LogP contribution is -2.61. The lowest BCUT2D eigenvalue weighted by Gasteiger charge is -2.44. The van der Waals surface area contributed by atoms with Gasteiger partial charge in [-0.1, -0.05) is 128 Å². The predicted octanol–water partition coefficient (Wildman–Crippen LogP) is 12.5. The molecule has 0 N–H and O–H groups in total. The molecule has 266 valence electrons. The maximum Gasteiger partial charge on any atom is 0.252 e. The molecule has 1 aliphatic carbocycles. The van der Waals surface area contributed by atoms with Crippen molar-refractivity contribution in [1.29, 1.82) is 0 Å². The molecule has 0 atom stereocenters. The van der Waals surface area contributed by atoms with E-state index in [2.05, 4.69) is 180 Å². The van der Waals surface area contributed by atoms with E-state index in [1.54, 1.807) is 0 Å². The molecule has 0 bridgehead atoms. The predicted molar refractivity (Wildman–Crippen MR) is 237 cm³/mol. The van der Waals surface area contributed by atoms with Crippen molar-refractivity contribution in [1.82, 2.24) is 0 Å². The van der Waals surface area contributed by atoms with Crippen LogP contribution in [0.4, 0.5) is 34.1 Å². The van der Waals surface area contributed by atoms with Crippen molar-refractivity contribution in [2.45, 2.75) is 38.0 Å². The average Bonchev–Trinajstić information content (AvgIpc) is 3.63. The number of anilines is 6. The van der Waals surface area contributed by atoms with E-state index in [0.29, 0.717) is 5.92 Å². The summed E-state index contributed by atoms with van der Waals surface area (Å²) >= 11 is 0. The molecule has 8 aromatic carbocycles. The minimum absolute atomic E-state index is 0.130. The molecular formula is C52H39BN2O. The van der Waals surface area contributed by atoms with Gasteiger partial charge in [0.1, 0.15) is 11.2 Å². The second kappa shape index (κ2) is 12.5. The molecule has 3 nitrogen and oxygen atoms in total. The highest BCUT2D eigenvalue weighted by atomic mass is 16.3. The molecule has 3 heterocycles. The van der Waals surface area contributed by atoms with Crippen molar-refractivity contribution in [3.8, 4) is 11.1 Å². The van der Waals surface area contributed by atoms with Gasteiger partial charge in [-0.25, -0.2) is 0 Å². The molecule has 0 saturated heterocycles. The van der Waals surface area contributed by atoms with E-state index in [0.717, 1.165) is 38.8 Å². The number of para-hydroxylation sites is 4. The van der Waals surface area contributed by atoms with Gasteiger partial charge >= 0.3 is 0 Å². The number of nitrogens with zero attached hydrogens (tertiary/aromatic N) is 2. The fraction of sp³-hybridized carbons (Fsp3) is 0.115. The quantitative estimate of drug-likeness (QED) is 0.169. The Labute approximate surface area is 327 Å². The summed E-state index contributed by atoms with van der Waals surface area (Å²) in [6, 6.07) is 62.9. The van der Waals surface area contributed by atoms with E-state index in [-0.39, 0.29) is 6.71 Å². The van der Waals surface area contributed by atoms with Gasteiger partial charge in [0, 0.05) is 50.5 Å². The van der Waals surface area contributed by atoms with Crippen molar-refractivity contribution < 1.29 is 4.42 Å². The van der Waals surface area contributed by atoms with Crippen LogP contribution in [0.25, 0.3) is 43.8 Å². The topological polar surface area (TPSA) is 19.6 Å². The second-order valence-electron chi connectivity index (χ2n) is 15.9. The maximum atomic E-state index is 6.66. The molecule has 9 aromatic rings. The molecule has 56 heavy (non-hydrogen) atoms. The van der Waals surface area contributed by atoms with Gasteiger partial charge in [0.15, 0.2) is 0 Å². The van der Waals surface area contributed by atoms with Crippen molar-refractivity contribution in [3.63, 3.8) is 0 Å². The lowest BCUT2D eigenvalue weighted by molar-refractivity contribution is 0.444. The van der Waals surface area contributed by atoms with Crippen LogP contribution in [0.5, 0.6) is 0 Å². The lowest BCUT2D eigenvalue weighted by atomic mass is 9.33. The van der Waals surface area contributed by atoms with Crippen molar-refractivity contribution in [2.75, 3.05) is 9.80 Å². The highest BCUT2D eigenvalue weighted by Crippen LogP contribution is 2.47. The van der Waals surface area contributed by atoms with E-state index in [1.165, 1.54) is 93.3 Å². The van der Waals surface area contributed by atoms with Crippen molar-refractivity contribution in [2.24, 2.45) is 0 Å². The zero-order chi connectivity index (χ0) is 36.7. The standard InChI is InChI=1S/C52H39BN2O/c1-3-14-34(15-4-1)38-31-48-51-49(32-38)55(47-25-12-10-23-45(47)53(51)44-22-9-11-24-46(44)54(48)39-18-5-2-6-19-39)40-28-26-35(27-29-40)41-20-13-21-42-43-30-36-16-7-8-17-37(36)33-50(43)56-52(41)42/h2,5-13,16-34H,1,3-4,14-15H2. The minimum atomic E-state index is 0.130. The molecule has 0 unspecified atom stereocenters. The van der Waals surface area contributed by atoms with Crippen LogP contribution < -0.4 is 26.2 Å². The Hall–Kier alpha value is -6.52. The van der Waals surface area contributed by atoms with Gasteiger partial charge in [-0.2, -0.15) is 0 Å². The zero-order valence-corrected chi connectivity index (χ0v) is 31.2. The van der Waals surface area contributed by atoms with Crippen LogP contribution in [-0.2, 0) is 0 Å². The minimum Gasteiger partial charge on any atom is -0.455 e. The van der Waals surface area contributed by atoms with Crippen molar-refractivity contribution >= 4 is 89.9 Å². The molecule has 2 aliphatic heterocycles. The van der Waals surface area contributed by atoms with Crippen LogP contribution in [0.3, 0.4) is 0 Å². The van der Waals surface area contributed by atoms with E-state index < -0.39 is 0 Å². The number of hydrogen-bond acceptors (Lipinski definition) is 3. The molecule has 0 amide bonds. The third kappa shape index (κ3) is 4.78. The smallest absolute Gasteiger partial charge is 0.252 e. The van der Waals surface area contributed by atoms with Gasteiger partial charge in [0.05, 0.1) is 0 Å². The SMILES string of the molecule is c1ccc(N2c3ccccc3B3c4ccccc4N(c4ccc(-c5cccc6c5oc5cc7ccccc7cc56)cc4)c4cc(C5CCCCC5)cc2c43)cc1. The van der Waals surface area contributed by atoms with Crippen molar-refractivity contribution in [3.05, 3.63) is 175 Å². The molecule has 12 rings (SSSR count). The first kappa shape index (κ1) is 31.8. The molecule has 1 aromatic heterocycles. The van der Waals surface area contributed by atoms with E-state index in [4.69, 9.17) is 4.42 Å². The molecule has 1 fully saturated rings. The summed E-state index contributed by atoms with van der Waals surface area (Å²) in [5, 5.41) is 4.73. The van der Waals surface area contributed by atoms with Crippen LogP contribution >= 0.6 is 0 Å². The summed E-state index contributed by atoms with van der Waals surface area (Å²) in [4.78, 5) is 5.08. The number of fused-ring (bicyclic) bond motifs is 8. The fourth-order valence-corrected chi connectivity index (χ4v) is 10.2. The van der Waals surface area contributed by atoms with Gasteiger partial charge in [0.25, 0.3) is 6.71 Å². The van der Waals surface area contributed by atoms with Crippen LogP contribution in [0, 0.1) is 0 Å². The van der Waals surface area contributed by atoms with Gasteiger partial charge in [-0.05, 0) is 118 Å². The first-order chi connectivity index (χ1) is 27.8. The molecule has 1 saturated carbocycles. The molecule has 0 radical (unpaired) electrons. The third-order valence-electron chi connectivity index (χ3n) is 12.8. The van der Waals surface area contributed by atoms with Crippen LogP contribution in [0.15, 0.2) is 174 Å². The van der Waals surface area contributed by atoms with Crippen LogP contribution in [-0.4, -0.2) is 6.71 Å². The molecule has 3 aliphatic rings. The van der Waals surface area contributed by atoms with Gasteiger partial charge in [0.2, 0.25) is 0 Å². The number of furan rings is 1. The monoisotopic (exact) mass is 718 g/mol. The van der Waals surface area contributed by atoms with E-state index in [9.17, 15) is 0 Å². The van der Waals surface area contributed by atoms with Gasteiger partial charge in [-0.15, -0.1) is 0 Å². The van der Waals surface area contributed by atoms with E-state index >= 15 is 0 Å². The van der Waals surface area contributed by atoms with Crippen LogP contribution in [0.1, 0.15) is 43.6 Å². The Morgan fingerprint density at radius 3 is 1.79 bits per heavy atom. The molecular weight excluding hydrogens is 679 g/mol. The summed E-state index contributed by atoms with van der Waals surface area (Å²) in [6.45, 7) is 0.130. The summed E-state index contributed by atoms with van der Waals surface area (Å²) in [5.41, 5.74) is 17.1. The maximum absolute atomic E-state index is 6.66. The van der Waals surface area contributed by atoms with E-state index in [1.807, 2.05) is 0 Å². The number of rotatable bonds is 4. The molecule has 0 spiro atoms. The Morgan fingerprint density at radius 1 is 0.482 bits per heavy atom. The summed E-state index contributed by atoms with van der Waals surface area (Å²) in [5.74, 6) is 0.557. The number of benzene rings is 8. The Morgan fingerprint density at radius 2 is 1.09 bits per heavy atom. The second-order valence-corrected chi connectivity index (χ2v) is 15.9. The first-order valence-electron chi connectivity index (χ1n) is 20.2. The Balaban J connectivity index is 1.05. The molecule has 4 heteroatoms. The first-order valence-corrected chi connectivity index (χ1v) is 20.2. The summed E-state index contributed by atoms with van der Waals surface area (Å²) in [6.07, 6.45) is 6.43. The third-order valence-corrected chi connectivity index (χ3v) is 12.8. The summed E-state index contributed by atoms with van der Waals surface area (Å²) < 4.78 is 6.66. The highest BCUT2D eigenvalue weighted by Gasteiger charge is 2.43. The van der Waals surface area contributed by atoms with Crippen LogP contribution in [0.2, 0.25) is 0 Å². The fourth-order valence-electron chi connectivity index (χ4n) is 10.2.